The van der Waals surface area contributed by atoms with Crippen molar-refractivity contribution in [2.24, 2.45) is 5.92 Å². The molecular formula is C15H19N3. The molecule has 0 amide bonds. The highest BCUT2D eigenvalue weighted by molar-refractivity contribution is 5.55. The molecule has 1 saturated carbocycles. The maximum Gasteiger partial charge on any atom is 0.144 e. The molecule has 1 heterocycles. The van der Waals surface area contributed by atoms with Gasteiger partial charge < -0.3 is 5.32 Å². The molecule has 0 spiro atoms. The zero-order valence-corrected chi connectivity index (χ0v) is 10.9. The predicted molar refractivity (Wildman–Crippen MR) is 71.4 cm³/mol. The number of nitrogens with zero attached hydrogens (tertiary/aromatic N) is 2. The minimum Gasteiger partial charge on any atom is -0.366 e. The first-order valence-electron chi connectivity index (χ1n) is 6.95. The van der Waals surface area contributed by atoms with Crippen LogP contribution in [0.5, 0.6) is 0 Å². The van der Waals surface area contributed by atoms with Gasteiger partial charge >= 0.3 is 0 Å². The minimum absolute atomic E-state index is 0.499. The molecule has 1 aromatic heterocycles. The topological polar surface area (TPSA) is 48.7 Å². The van der Waals surface area contributed by atoms with E-state index in [2.05, 4.69) is 23.3 Å². The molecule has 0 saturated heterocycles. The summed E-state index contributed by atoms with van der Waals surface area (Å²) in [5.74, 6) is 1.61. The van der Waals surface area contributed by atoms with Crippen LogP contribution in [-0.4, -0.2) is 11.0 Å². The Hall–Kier alpha value is -1.56. The van der Waals surface area contributed by atoms with Gasteiger partial charge in [-0.15, -0.1) is 0 Å². The fourth-order valence-corrected chi connectivity index (χ4v) is 3.20. The number of anilines is 1. The van der Waals surface area contributed by atoms with Gasteiger partial charge in [0.15, 0.2) is 0 Å². The lowest BCUT2D eigenvalue weighted by atomic mass is 10.1. The Morgan fingerprint density at radius 3 is 3.00 bits per heavy atom. The van der Waals surface area contributed by atoms with Crippen LogP contribution in [0, 0.1) is 17.2 Å². The van der Waals surface area contributed by atoms with Crippen molar-refractivity contribution in [3.05, 3.63) is 22.9 Å². The third-order valence-corrected chi connectivity index (χ3v) is 4.21. The van der Waals surface area contributed by atoms with Crippen LogP contribution in [0.15, 0.2) is 6.07 Å². The van der Waals surface area contributed by atoms with Crippen molar-refractivity contribution >= 4 is 5.82 Å². The Kier molecular flexibility index (Phi) is 2.95. The van der Waals surface area contributed by atoms with Crippen molar-refractivity contribution in [3.8, 4) is 6.07 Å². The van der Waals surface area contributed by atoms with E-state index in [-0.39, 0.29) is 0 Å². The lowest BCUT2D eigenvalue weighted by Crippen LogP contribution is -2.17. The lowest BCUT2D eigenvalue weighted by Gasteiger charge is -2.15. The maximum absolute atomic E-state index is 9.25. The lowest BCUT2D eigenvalue weighted by molar-refractivity contribution is 0.602. The number of rotatable bonds is 2. The molecule has 3 heteroatoms. The highest BCUT2D eigenvalue weighted by Gasteiger charge is 2.23. The van der Waals surface area contributed by atoms with Crippen LogP contribution in [-0.2, 0) is 12.8 Å². The van der Waals surface area contributed by atoms with E-state index in [0.717, 1.165) is 30.1 Å². The van der Waals surface area contributed by atoms with Crippen LogP contribution in [0.4, 0.5) is 5.82 Å². The number of pyridine rings is 1. The molecule has 18 heavy (non-hydrogen) atoms. The normalized spacial score (nSPS) is 25.8. The number of fused-ring (bicyclic) bond motifs is 1. The molecule has 0 aliphatic heterocycles. The van der Waals surface area contributed by atoms with Gasteiger partial charge in [0.25, 0.3) is 0 Å². The van der Waals surface area contributed by atoms with Gasteiger partial charge in [-0.3, -0.25) is 0 Å². The number of nitriles is 1. The first kappa shape index (κ1) is 11.5. The summed E-state index contributed by atoms with van der Waals surface area (Å²) in [6.07, 6.45) is 7.00. The summed E-state index contributed by atoms with van der Waals surface area (Å²) in [4.78, 5) is 4.68. The van der Waals surface area contributed by atoms with Crippen molar-refractivity contribution < 1.29 is 0 Å². The molecule has 94 valence electrons. The van der Waals surface area contributed by atoms with Gasteiger partial charge in [0.1, 0.15) is 11.9 Å². The van der Waals surface area contributed by atoms with E-state index in [1.165, 1.54) is 36.9 Å². The maximum atomic E-state index is 9.25. The fourth-order valence-electron chi connectivity index (χ4n) is 3.20. The quantitative estimate of drug-likeness (QED) is 0.865. The smallest absolute Gasteiger partial charge is 0.144 e. The molecule has 1 aromatic rings. The average Bonchev–Trinajstić information content (AvgIpc) is 2.97. The summed E-state index contributed by atoms with van der Waals surface area (Å²) >= 11 is 0. The summed E-state index contributed by atoms with van der Waals surface area (Å²) in [5.41, 5.74) is 3.19. The van der Waals surface area contributed by atoms with Crippen molar-refractivity contribution in [1.82, 2.24) is 4.98 Å². The Bertz CT molecular complexity index is 501. The van der Waals surface area contributed by atoms with Crippen LogP contribution in [0.2, 0.25) is 0 Å². The molecule has 0 aromatic carbocycles. The number of hydrogen-bond acceptors (Lipinski definition) is 3. The zero-order chi connectivity index (χ0) is 12.5. The second kappa shape index (κ2) is 4.61. The molecule has 0 radical (unpaired) electrons. The fraction of sp³-hybridized carbons (Fsp3) is 0.600. The zero-order valence-electron chi connectivity index (χ0n) is 10.9. The van der Waals surface area contributed by atoms with E-state index in [1.807, 2.05) is 6.07 Å². The van der Waals surface area contributed by atoms with Gasteiger partial charge in [-0.1, -0.05) is 6.92 Å². The first-order valence-corrected chi connectivity index (χ1v) is 6.95. The number of hydrogen-bond donors (Lipinski definition) is 1. The van der Waals surface area contributed by atoms with Gasteiger partial charge in [-0.05, 0) is 56.1 Å². The molecule has 3 rings (SSSR count). The molecule has 3 nitrogen and oxygen atoms in total. The largest absolute Gasteiger partial charge is 0.366 e. The minimum atomic E-state index is 0.499. The first-order chi connectivity index (χ1) is 8.76. The summed E-state index contributed by atoms with van der Waals surface area (Å²) in [5, 5.41) is 12.7. The number of aryl methyl sites for hydroxylation is 2. The van der Waals surface area contributed by atoms with Gasteiger partial charge in [0, 0.05) is 11.7 Å². The molecule has 2 atom stereocenters. The number of nitrogens with one attached hydrogen (secondary N) is 1. The van der Waals surface area contributed by atoms with Gasteiger partial charge in [-0.25, -0.2) is 4.98 Å². The van der Waals surface area contributed by atoms with Crippen LogP contribution in [0.3, 0.4) is 0 Å². The molecular weight excluding hydrogens is 222 g/mol. The Morgan fingerprint density at radius 2 is 2.28 bits per heavy atom. The van der Waals surface area contributed by atoms with E-state index in [4.69, 9.17) is 0 Å². The van der Waals surface area contributed by atoms with Crippen LogP contribution in [0.25, 0.3) is 0 Å². The van der Waals surface area contributed by atoms with E-state index < -0.39 is 0 Å². The molecule has 2 aliphatic carbocycles. The molecule has 2 aliphatic rings. The Balaban J connectivity index is 1.85. The highest BCUT2D eigenvalue weighted by Crippen LogP contribution is 2.30. The second-order valence-corrected chi connectivity index (χ2v) is 5.72. The molecule has 2 unspecified atom stereocenters. The van der Waals surface area contributed by atoms with Gasteiger partial charge in [-0.2, -0.15) is 5.26 Å². The Morgan fingerprint density at radius 1 is 1.39 bits per heavy atom. The second-order valence-electron chi connectivity index (χ2n) is 5.72. The molecule has 1 N–H and O–H groups in total. The third kappa shape index (κ3) is 2.08. The highest BCUT2D eigenvalue weighted by atomic mass is 15.0. The van der Waals surface area contributed by atoms with E-state index in [9.17, 15) is 5.26 Å². The summed E-state index contributed by atoms with van der Waals surface area (Å²) < 4.78 is 0. The molecule has 1 fully saturated rings. The van der Waals surface area contributed by atoms with Crippen molar-refractivity contribution in [2.45, 2.75) is 51.5 Å². The van der Waals surface area contributed by atoms with Crippen molar-refractivity contribution in [1.29, 1.82) is 5.26 Å². The Labute approximate surface area is 108 Å². The van der Waals surface area contributed by atoms with Crippen LogP contribution >= 0.6 is 0 Å². The summed E-state index contributed by atoms with van der Waals surface area (Å²) in [7, 11) is 0. The average molecular weight is 241 g/mol. The van der Waals surface area contributed by atoms with Crippen LogP contribution in [0.1, 0.15) is 49.4 Å². The standard InChI is InChI=1S/C15H19N3/c1-10-5-6-13(7-10)17-15-12(9-16)8-11-3-2-4-14(11)18-15/h8,10,13H,2-7H2,1H3,(H,17,18). The number of aromatic nitrogens is 1. The van der Waals surface area contributed by atoms with Crippen molar-refractivity contribution in [3.63, 3.8) is 0 Å². The SMILES string of the molecule is CC1CCC(Nc2nc3c(cc2C#N)CCC3)C1. The van der Waals surface area contributed by atoms with E-state index in [0.29, 0.717) is 6.04 Å². The monoisotopic (exact) mass is 241 g/mol. The predicted octanol–water partition coefficient (Wildman–Crippen LogP) is 3.04. The van der Waals surface area contributed by atoms with Crippen LogP contribution < -0.4 is 5.32 Å². The van der Waals surface area contributed by atoms with Crippen molar-refractivity contribution in [2.75, 3.05) is 5.32 Å². The van der Waals surface area contributed by atoms with Gasteiger partial charge in [0.2, 0.25) is 0 Å². The van der Waals surface area contributed by atoms with E-state index in [1.54, 1.807) is 0 Å². The van der Waals surface area contributed by atoms with E-state index >= 15 is 0 Å². The van der Waals surface area contributed by atoms with Gasteiger partial charge in [0.05, 0.1) is 5.56 Å². The summed E-state index contributed by atoms with van der Waals surface area (Å²) in [6, 6.07) is 4.82. The summed E-state index contributed by atoms with van der Waals surface area (Å²) in [6.45, 7) is 2.29. The molecule has 0 bridgehead atoms. The third-order valence-electron chi connectivity index (χ3n) is 4.21.